The van der Waals surface area contributed by atoms with Crippen molar-refractivity contribution in [3.8, 4) is 11.6 Å². The minimum Gasteiger partial charge on any atom is -0.437 e. The number of ether oxygens (including phenoxy) is 1. The van der Waals surface area contributed by atoms with Gasteiger partial charge in [0.1, 0.15) is 5.75 Å². The molecule has 0 bridgehead atoms. The smallest absolute Gasteiger partial charge is 0.238 e. The molecule has 0 aliphatic carbocycles. The molecule has 2 aromatic rings. The second kappa shape index (κ2) is 5.41. The number of rotatable bonds is 4. The molecule has 0 aliphatic rings. The summed E-state index contributed by atoms with van der Waals surface area (Å²) in [7, 11) is 0. The van der Waals surface area contributed by atoms with Gasteiger partial charge in [0.25, 0.3) is 0 Å². The number of nitrogens with two attached hydrogens (primary N) is 1. The summed E-state index contributed by atoms with van der Waals surface area (Å²) in [6.07, 6.45) is 4.14. The topological polar surface area (TPSA) is 61.0 Å². The van der Waals surface area contributed by atoms with E-state index in [0.29, 0.717) is 12.4 Å². The Hall–Kier alpha value is -1.94. The summed E-state index contributed by atoms with van der Waals surface area (Å²) in [4.78, 5) is 8.29. The number of benzene rings is 1. The van der Waals surface area contributed by atoms with E-state index in [9.17, 15) is 0 Å². The summed E-state index contributed by atoms with van der Waals surface area (Å²) < 4.78 is 5.71. The summed E-state index contributed by atoms with van der Waals surface area (Å²) in [5.41, 5.74) is 7.37. The molecule has 0 radical (unpaired) electrons. The van der Waals surface area contributed by atoms with Gasteiger partial charge in [0.15, 0.2) is 0 Å². The van der Waals surface area contributed by atoms with Crippen LogP contribution in [0, 0.1) is 0 Å². The SMILES string of the molecule is CCc1ccccc1Oc1cncc(CN)n1. The molecule has 0 amide bonds. The van der Waals surface area contributed by atoms with Gasteiger partial charge in [-0.05, 0) is 18.1 Å². The zero-order valence-corrected chi connectivity index (χ0v) is 9.76. The van der Waals surface area contributed by atoms with Crippen molar-refractivity contribution in [1.29, 1.82) is 0 Å². The Balaban J connectivity index is 2.24. The molecular formula is C13H15N3O. The van der Waals surface area contributed by atoms with Crippen molar-refractivity contribution in [2.24, 2.45) is 5.73 Å². The minimum absolute atomic E-state index is 0.361. The Labute approximate surface area is 100 Å². The van der Waals surface area contributed by atoms with Crippen LogP contribution in [0.3, 0.4) is 0 Å². The van der Waals surface area contributed by atoms with Crippen LogP contribution in [0.4, 0.5) is 0 Å². The highest BCUT2D eigenvalue weighted by Gasteiger charge is 2.04. The second-order valence-corrected chi connectivity index (χ2v) is 3.62. The number of nitrogens with zero attached hydrogens (tertiary/aromatic N) is 2. The van der Waals surface area contributed by atoms with E-state index in [0.717, 1.165) is 23.4 Å². The predicted octanol–water partition coefficient (Wildman–Crippen LogP) is 2.29. The standard InChI is InChI=1S/C13H15N3O/c1-2-10-5-3-4-6-12(10)17-13-9-15-8-11(7-14)16-13/h3-6,8-9H,2,7,14H2,1H3. The van der Waals surface area contributed by atoms with Crippen LogP contribution < -0.4 is 10.5 Å². The molecule has 17 heavy (non-hydrogen) atoms. The molecule has 0 unspecified atom stereocenters. The van der Waals surface area contributed by atoms with Crippen LogP contribution in [0.1, 0.15) is 18.2 Å². The predicted molar refractivity (Wildman–Crippen MR) is 65.8 cm³/mol. The van der Waals surface area contributed by atoms with Gasteiger partial charge in [-0.1, -0.05) is 25.1 Å². The zero-order valence-electron chi connectivity index (χ0n) is 9.76. The molecule has 88 valence electrons. The molecule has 0 aliphatic heterocycles. The summed E-state index contributed by atoms with van der Waals surface area (Å²) in [5, 5.41) is 0. The van der Waals surface area contributed by atoms with Crippen molar-refractivity contribution in [2.75, 3.05) is 0 Å². The van der Waals surface area contributed by atoms with E-state index in [2.05, 4.69) is 16.9 Å². The number of hydrogen-bond acceptors (Lipinski definition) is 4. The maximum Gasteiger partial charge on any atom is 0.238 e. The van der Waals surface area contributed by atoms with Crippen LogP contribution in [-0.4, -0.2) is 9.97 Å². The van der Waals surface area contributed by atoms with E-state index < -0.39 is 0 Å². The molecule has 0 spiro atoms. The summed E-state index contributed by atoms with van der Waals surface area (Å²) in [6, 6.07) is 7.90. The summed E-state index contributed by atoms with van der Waals surface area (Å²) >= 11 is 0. The Bertz CT molecular complexity index is 500. The Morgan fingerprint density at radius 3 is 2.82 bits per heavy atom. The molecule has 4 nitrogen and oxygen atoms in total. The monoisotopic (exact) mass is 229 g/mol. The number of hydrogen-bond donors (Lipinski definition) is 1. The van der Waals surface area contributed by atoms with Crippen LogP contribution >= 0.6 is 0 Å². The van der Waals surface area contributed by atoms with Gasteiger partial charge in [-0.15, -0.1) is 0 Å². The molecule has 1 aromatic carbocycles. The number of para-hydroxylation sites is 1. The molecule has 0 saturated heterocycles. The first-order valence-corrected chi connectivity index (χ1v) is 5.60. The van der Waals surface area contributed by atoms with Crippen molar-refractivity contribution in [2.45, 2.75) is 19.9 Å². The first-order chi connectivity index (χ1) is 8.33. The lowest BCUT2D eigenvalue weighted by atomic mass is 10.1. The van der Waals surface area contributed by atoms with Gasteiger partial charge >= 0.3 is 0 Å². The third-order valence-electron chi connectivity index (χ3n) is 2.44. The third kappa shape index (κ3) is 2.79. The maximum atomic E-state index is 5.71. The van der Waals surface area contributed by atoms with E-state index in [4.69, 9.17) is 10.5 Å². The highest BCUT2D eigenvalue weighted by molar-refractivity contribution is 5.35. The Morgan fingerprint density at radius 2 is 2.06 bits per heavy atom. The number of aryl methyl sites for hydroxylation is 1. The van der Waals surface area contributed by atoms with Crippen molar-refractivity contribution < 1.29 is 4.74 Å². The summed E-state index contributed by atoms with van der Waals surface area (Å²) in [5.74, 6) is 1.30. The lowest BCUT2D eigenvalue weighted by molar-refractivity contribution is 0.452. The normalized spacial score (nSPS) is 10.2. The van der Waals surface area contributed by atoms with Crippen LogP contribution in [-0.2, 0) is 13.0 Å². The van der Waals surface area contributed by atoms with Gasteiger partial charge in [-0.2, -0.15) is 0 Å². The van der Waals surface area contributed by atoms with Gasteiger partial charge in [0, 0.05) is 12.7 Å². The molecule has 2 rings (SSSR count). The van der Waals surface area contributed by atoms with Gasteiger partial charge < -0.3 is 10.5 Å². The van der Waals surface area contributed by atoms with Gasteiger partial charge in [0.2, 0.25) is 5.88 Å². The molecule has 2 N–H and O–H groups in total. The van der Waals surface area contributed by atoms with Crippen molar-refractivity contribution >= 4 is 0 Å². The van der Waals surface area contributed by atoms with Gasteiger partial charge in [-0.3, -0.25) is 4.98 Å². The van der Waals surface area contributed by atoms with E-state index >= 15 is 0 Å². The maximum absolute atomic E-state index is 5.71. The molecule has 0 atom stereocenters. The second-order valence-electron chi connectivity index (χ2n) is 3.62. The number of aromatic nitrogens is 2. The summed E-state index contributed by atoms with van der Waals surface area (Å²) in [6.45, 7) is 2.45. The Kier molecular flexibility index (Phi) is 3.67. The van der Waals surface area contributed by atoms with Gasteiger partial charge in [-0.25, -0.2) is 4.98 Å². The fourth-order valence-electron chi connectivity index (χ4n) is 1.54. The average molecular weight is 229 g/mol. The van der Waals surface area contributed by atoms with Crippen LogP contribution in [0.5, 0.6) is 11.6 Å². The van der Waals surface area contributed by atoms with Crippen molar-refractivity contribution in [3.63, 3.8) is 0 Å². The molecule has 4 heteroatoms. The van der Waals surface area contributed by atoms with E-state index in [1.165, 1.54) is 0 Å². The highest BCUT2D eigenvalue weighted by atomic mass is 16.5. The fourth-order valence-corrected chi connectivity index (χ4v) is 1.54. The van der Waals surface area contributed by atoms with Crippen LogP contribution in [0.25, 0.3) is 0 Å². The molecule has 1 heterocycles. The Morgan fingerprint density at radius 1 is 1.24 bits per heavy atom. The zero-order chi connectivity index (χ0) is 12.1. The largest absolute Gasteiger partial charge is 0.437 e. The first kappa shape index (κ1) is 11.5. The first-order valence-electron chi connectivity index (χ1n) is 5.60. The minimum atomic E-state index is 0.361. The van der Waals surface area contributed by atoms with E-state index in [1.54, 1.807) is 12.4 Å². The third-order valence-corrected chi connectivity index (χ3v) is 2.44. The molecule has 1 aromatic heterocycles. The quantitative estimate of drug-likeness (QED) is 0.873. The van der Waals surface area contributed by atoms with E-state index in [-0.39, 0.29) is 0 Å². The fraction of sp³-hybridized carbons (Fsp3) is 0.231. The lowest BCUT2D eigenvalue weighted by Gasteiger charge is -2.09. The van der Waals surface area contributed by atoms with Crippen LogP contribution in [0.2, 0.25) is 0 Å². The van der Waals surface area contributed by atoms with E-state index in [1.807, 2.05) is 24.3 Å². The van der Waals surface area contributed by atoms with Crippen LogP contribution in [0.15, 0.2) is 36.7 Å². The lowest BCUT2D eigenvalue weighted by Crippen LogP contribution is -2.01. The molecule has 0 saturated carbocycles. The molecular weight excluding hydrogens is 214 g/mol. The van der Waals surface area contributed by atoms with Gasteiger partial charge in [0.05, 0.1) is 11.9 Å². The highest BCUT2D eigenvalue weighted by Crippen LogP contribution is 2.23. The van der Waals surface area contributed by atoms with Crippen molar-refractivity contribution in [1.82, 2.24) is 9.97 Å². The average Bonchev–Trinajstić information content (AvgIpc) is 2.39. The van der Waals surface area contributed by atoms with Crippen molar-refractivity contribution in [3.05, 3.63) is 47.9 Å². The molecule has 0 fully saturated rings.